The lowest BCUT2D eigenvalue weighted by Gasteiger charge is -2.32. The van der Waals surface area contributed by atoms with Gasteiger partial charge in [-0.25, -0.2) is 0 Å². The molecule has 0 radical (unpaired) electrons. The van der Waals surface area contributed by atoms with E-state index in [1.54, 1.807) is 0 Å². The van der Waals surface area contributed by atoms with E-state index in [2.05, 4.69) is 10.6 Å². The first-order valence-corrected chi connectivity index (χ1v) is 4.95. The number of piperidine rings is 1. The summed E-state index contributed by atoms with van der Waals surface area (Å²) in [5, 5.41) is 5.75. The summed E-state index contributed by atoms with van der Waals surface area (Å²) in [5.74, 6) is 0. The molecule has 0 aromatic heterocycles. The Balaban J connectivity index is 2.31. The van der Waals surface area contributed by atoms with Crippen LogP contribution in [0.5, 0.6) is 0 Å². The van der Waals surface area contributed by atoms with Gasteiger partial charge in [-0.1, -0.05) is 13.8 Å². The van der Waals surface area contributed by atoms with Crippen LogP contribution in [0, 0.1) is 0 Å². The number of alkyl halides is 3. The summed E-state index contributed by atoms with van der Waals surface area (Å²) in [5.41, 5.74) is 0. The van der Waals surface area contributed by atoms with Crippen LogP contribution in [0.4, 0.5) is 13.2 Å². The van der Waals surface area contributed by atoms with Gasteiger partial charge in [-0.05, 0) is 12.8 Å². The summed E-state index contributed by atoms with van der Waals surface area (Å²) in [6, 6.07) is -0.814. The molecule has 2 N–H and O–H groups in total. The molecule has 2 unspecified atom stereocenters. The van der Waals surface area contributed by atoms with E-state index in [-0.39, 0.29) is 12.5 Å². The van der Waals surface area contributed by atoms with E-state index in [0.29, 0.717) is 19.0 Å². The molecule has 1 aliphatic heterocycles. The molecule has 0 aromatic carbocycles. The molecule has 1 saturated heterocycles. The van der Waals surface area contributed by atoms with Crippen molar-refractivity contribution < 1.29 is 13.2 Å². The first-order chi connectivity index (χ1) is 6.39. The van der Waals surface area contributed by atoms with Gasteiger partial charge in [0.05, 0.1) is 0 Å². The molecule has 0 amide bonds. The third-order valence-electron chi connectivity index (χ3n) is 2.38. The number of halogens is 3. The molecule has 0 saturated carbocycles. The topological polar surface area (TPSA) is 24.1 Å². The quantitative estimate of drug-likeness (QED) is 0.724. The minimum Gasteiger partial charge on any atom is -0.311 e. The molecule has 1 rings (SSSR count). The highest BCUT2D eigenvalue weighted by Crippen LogP contribution is 2.26. The third-order valence-corrected chi connectivity index (χ3v) is 2.38. The first kappa shape index (κ1) is 11.8. The zero-order chi connectivity index (χ0) is 10.8. The minimum absolute atomic E-state index is 0.174. The van der Waals surface area contributed by atoms with E-state index in [1.165, 1.54) is 0 Å². The largest absolute Gasteiger partial charge is 0.403 e. The summed E-state index contributed by atoms with van der Waals surface area (Å²) in [6.07, 6.45) is -3.33. The maximum absolute atomic E-state index is 12.2. The molecule has 14 heavy (non-hydrogen) atoms. The van der Waals surface area contributed by atoms with Crippen molar-refractivity contribution in [2.45, 2.75) is 51.0 Å². The van der Waals surface area contributed by atoms with E-state index in [1.807, 2.05) is 13.8 Å². The van der Waals surface area contributed by atoms with Crippen LogP contribution in [0.1, 0.15) is 26.7 Å². The molecule has 1 aliphatic rings. The highest BCUT2D eigenvalue weighted by molar-refractivity contribution is 4.86. The zero-order valence-electron chi connectivity index (χ0n) is 8.49. The van der Waals surface area contributed by atoms with Crippen LogP contribution < -0.4 is 10.6 Å². The van der Waals surface area contributed by atoms with Gasteiger partial charge in [0.2, 0.25) is 0 Å². The number of nitrogens with one attached hydrogen (secondary N) is 2. The molecule has 2 atom stereocenters. The molecular weight excluding hydrogens is 193 g/mol. The van der Waals surface area contributed by atoms with Crippen LogP contribution in [0.3, 0.4) is 0 Å². The van der Waals surface area contributed by atoms with Gasteiger partial charge >= 0.3 is 6.18 Å². The SMILES string of the molecule is CC(C)NC1CCC(C(F)(F)F)NC1. The predicted octanol–water partition coefficient (Wildman–Crippen LogP) is 1.67. The molecule has 2 nitrogen and oxygen atoms in total. The van der Waals surface area contributed by atoms with Gasteiger partial charge in [0, 0.05) is 18.6 Å². The summed E-state index contributed by atoms with van der Waals surface area (Å²) in [7, 11) is 0. The molecule has 1 fully saturated rings. The molecule has 84 valence electrons. The van der Waals surface area contributed by atoms with E-state index in [0.717, 1.165) is 0 Å². The van der Waals surface area contributed by atoms with Gasteiger partial charge < -0.3 is 10.6 Å². The average Bonchev–Trinajstić information content (AvgIpc) is 2.02. The first-order valence-electron chi connectivity index (χ1n) is 4.95. The summed E-state index contributed by atoms with van der Waals surface area (Å²) in [4.78, 5) is 0. The molecule has 0 spiro atoms. The van der Waals surface area contributed by atoms with Crippen molar-refractivity contribution in [3.8, 4) is 0 Å². The lowest BCUT2D eigenvalue weighted by atomic mass is 10.00. The van der Waals surface area contributed by atoms with Crippen LogP contribution in [-0.4, -0.2) is 30.8 Å². The summed E-state index contributed by atoms with van der Waals surface area (Å²) < 4.78 is 36.7. The van der Waals surface area contributed by atoms with Gasteiger partial charge in [0.1, 0.15) is 6.04 Å². The Morgan fingerprint density at radius 2 is 1.93 bits per heavy atom. The second-order valence-electron chi connectivity index (χ2n) is 4.10. The molecule has 0 aromatic rings. The lowest BCUT2D eigenvalue weighted by Crippen LogP contribution is -2.54. The van der Waals surface area contributed by atoms with Crippen LogP contribution >= 0.6 is 0 Å². The Bertz CT molecular complexity index is 171. The maximum Gasteiger partial charge on any atom is 0.403 e. The predicted molar refractivity (Wildman–Crippen MR) is 49.1 cm³/mol. The lowest BCUT2D eigenvalue weighted by molar-refractivity contribution is -0.161. The molecular formula is C9H17F3N2. The van der Waals surface area contributed by atoms with Crippen molar-refractivity contribution in [1.82, 2.24) is 10.6 Å². The zero-order valence-corrected chi connectivity index (χ0v) is 8.49. The Labute approximate surface area is 82.2 Å². The molecule has 0 aliphatic carbocycles. The van der Waals surface area contributed by atoms with Crippen molar-refractivity contribution >= 4 is 0 Å². The fourth-order valence-electron chi connectivity index (χ4n) is 1.75. The van der Waals surface area contributed by atoms with E-state index in [9.17, 15) is 13.2 Å². The fraction of sp³-hybridized carbons (Fsp3) is 1.00. The minimum atomic E-state index is -4.09. The number of rotatable bonds is 2. The van der Waals surface area contributed by atoms with Crippen molar-refractivity contribution in [1.29, 1.82) is 0 Å². The van der Waals surface area contributed by atoms with Crippen molar-refractivity contribution in [2.75, 3.05) is 6.54 Å². The van der Waals surface area contributed by atoms with Gasteiger partial charge in [0.15, 0.2) is 0 Å². The van der Waals surface area contributed by atoms with Crippen LogP contribution in [0.25, 0.3) is 0 Å². The maximum atomic E-state index is 12.2. The van der Waals surface area contributed by atoms with E-state index in [4.69, 9.17) is 0 Å². The highest BCUT2D eigenvalue weighted by atomic mass is 19.4. The standard InChI is InChI=1S/C9H17F3N2/c1-6(2)14-7-3-4-8(13-5-7)9(10,11)12/h6-8,13-14H,3-5H2,1-2H3. The Morgan fingerprint density at radius 1 is 1.29 bits per heavy atom. The normalized spacial score (nSPS) is 29.6. The number of hydrogen-bond donors (Lipinski definition) is 2. The summed E-state index contributed by atoms with van der Waals surface area (Å²) >= 11 is 0. The Morgan fingerprint density at radius 3 is 2.29 bits per heavy atom. The molecule has 5 heteroatoms. The smallest absolute Gasteiger partial charge is 0.311 e. The van der Waals surface area contributed by atoms with E-state index >= 15 is 0 Å². The van der Waals surface area contributed by atoms with Crippen molar-refractivity contribution in [3.05, 3.63) is 0 Å². The Kier molecular flexibility index (Phi) is 3.78. The van der Waals surface area contributed by atoms with Gasteiger partial charge in [0.25, 0.3) is 0 Å². The third kappa shape index (κ3) is 3.46. The molecule has 0 bridgehead atoms. The fourth-order valence-corrected chi connectivity index (χ4v) is 1.75. The summed E-state index contributed by atoms with van der Waals surface area (Å²) in [6.45, 7) is 4.40. The van der Waals surface area contributed by atoms with Crippen LogP contribution in [0.15, 0.2) is 0 Å². The van der Waals surface area contributed by atoms with Gasteiger partial charge in [-0.15, -0.1) is 0 Å². The monoisotopic (exact) mass is 210 g/mol. The van der Waals surface area contributed by atoms with Gasteiger partial charge in [-0.3, -0.25) is 0 Å². The second kappa shape index (κ2) is 4.49. The van der Waals surface area contributed by atoms with Gasteiger partial charge in [-0.2, -0.15) is 13.2 Å². The van der Waals surface area contributed by atoms with Crippen molar-refractivity contribution in [2.24, 2.45) is 0 Å². The Hall–Kier alpha value is -0.290. The van der Waals surface area contributed by atoms with Crippen LogP contribution in [-0.2, 0) is 0 Å². The van der Waals surface area contributed by atoms with Crippen LogP contribution in [0.2, 0.25) is 0 Å². The average molecular weight is 210 g/mol. The second-order valence-corrected chi connectivity index (χ2v) is 4.10. The molecule has 1 heterocycles. The van der Waals surface area contributed by atoms with E-state index < -0.39 is 12.2 Å². The highest BCUT2D eigenvalue weighted by Gasteiger charge is 2.41. The van der Waals surface area contributed by atoms with Crippen molar-refractivity contribution in [3.63, 3.8) is 0 Å². The number of hydrogen-bond acceptors (Lipinski definition) is 2.